The minimum absolute atomic E-state index is 0.287. The van der Waals surface area contributed by atoms with Crippen LogP contribution in [0.5, 0.6) is 0 Å². The number of ether oxygens (including phenoxy) is 3. The van der Waals surface area contributed by atoms with E-state index >= 15 is 0 Å². The van der Waals surface area contributed by atoms with E-state index in [9.17, 15) is 14.4 Å². The van der Waals surface area contributed by atoms with Crippen molar-refractivity contribution in [2.75, 3.05) is 14.2 Å². The minimum Gasteiger partial charge on any atom is -0.469 e. The molecule has 1 aliphatic carbocycles. The Kier molecular flexibility index (Phi) is 5.54. The van der Waals surface area contributed by atoms with Gasteiger partial charge in [-0.2, -0.15) is 0 Å². The summed E-state index contributed by atoms with van der Waals surface area (Å²) >= 11 is 0. The number of esters is 1. The highest BCUT2D eigenvalue weighted by atomic mass is 16.7. The minimum atomic E-state index is -0.934. The summed E-state index contributed by atoms with van der Waals surface area (Å²) < 4.78 is 14.0. The quantitative estimate of drug-likeness (QED) is 0.568. The Morgan fingerprint density at radius 1 is 1.21 bits per heavy atom. The van der Waals surface area contributed by atoms with Crippen molar-refractivity contribution >= 4 is 17.9 Å². The Bertz CT molecular complexity index is 387. The Balaban J connectivity index is 2.77. The van der Waals surface area contributed by atoms with E-state index in [0.717, 1.165) is 0 Å². The van der Waals surface area contributed by atoms with Crippen LogP contribution in [0.1, 0.15) is 19.8 Å². The third kappa shape index (κ3) is 4.08. The Morgan fingerprint density at radius 3 is 2.42 bits per heavy atom. The van der Waals surface area contributed by atoms with E-state index in [2.05, 4.69) is 4.74 Å². The summed E-state index contributed by atoms with van der Waals surface area (Å²) in [5.74, 6) is -1.27. The number of Topliss-reactive ketones (excluding diaryl/α,β-unsaturated/α-hetero) is 1. The topological polar surface area (TPSA) is 78.9 Å². The standard InChI is InChI=1S/C13H18O6/c1-8(14)11(19-13(16)18-3)9-5-4-6-10(7-9)12(15)17-2/h4-5,9-11H,6-7H2,1-3H3/t9-,10+,11?/m1/s1. The summed E-state index contributed by atoms with van der Waals surface area (Å²) in [6, 6.07) is 0. The maximum Gasteiger partial charge on any atom is 0.508 e. The normalized spacial score (nSPS) is 23.3. The predicted octanol–water partition coefficient (Wildman–Crippen LogP) is 1.48. The summed E-state index contributed by atoms with van der Waals surface area (Å²) in [6.45, 7) is 1.34. The number of hydrogen-bond acceptors (Lipinski definition) is 6. The molecule has 0 radical (unpaired) electrons. The van der Waals surface area contributed by atoms with Crippen LogP contribution in [0.4, 0.5) is 4.79 Å². The van der Waals surface area contributed by atoms with Crippen LogP contribution in [0.25, 0.3) is 0 Å². The zero-order valence-corrected chi connectivity index (χ0v) is 11.3. The molecule has 0 N–H and O–H groups in total. The molecule has 0 saturated carbocycles. The van der Waals surface area contributed by atoms with Crippen molar-refractivity contribution in [1.29, 1.82) is 0 Å². The number of carbonyl (C=O) groups is 3. The number of methoxy groups -OCH3 is 2. The van der Waals surface area contributed by atoms with Gasteiger partial charge < -0.3 is 14.2 Å². The fourth-order valence-electron chi connectivity index (χ4n) is 2.13. The summed E-state index contributed by atoms with van der Waals surface area (Å²) in [6.07, 6.45) is 2.71. The van der Waals surface area contributed by atoms with Gasteiger partial charge >= 0.3 is 12.1 Å². The zero-order valence-electron chi connectivity index (χ0n) is 11.3. The second-order valence-electron chi connectivity index (χ2n) is 4.39. The molecule has 0 aromatic carbocycles. The first-order valence-corrected chi connectivity index (χ1v) is 5.99. The molecule has 1 aliphatic rings. The van der Waals surface area contributed by atoms with Gasteiger partial charge in [0.05, 0.1) is 20.1 Å². The fourth-order valence-corrected chi connectivity index (χ4v) is 2.13. The lowest BCUT2D eigenvalue weighted by Gasteiger charge is -2.27. The van der Waals surface area contributed by atoms with Gasteiger partial charge in [-0.1, -0.05) is 12.2 Å². The van der Waals surface area contributed by atoms with Gasteiger partial charge in [0, 0.05) is 5.92 Å². The third-order valence-corrected chi connectivity index (χ3v) is 3.07. The molecular weight excluding hydrogens is 252 g/mol. The fraction of sp³-hybridized carbons (Fsp3) is 0.615. The molecule has 0 saturated heterocycles. The Labute approximate surface area is 111 Å². The molecule has 0 aliphatic heterocycles. The zero-order chi connectivity index (χ0) is 14.4. The van der Waals surface area contributed by atoms with E-state index < -0.39 is 12.3 Å². The monoisotopic (exact) mass is 270 g/mol. The lowest BCUT2D eigenvalue weighted by atomic mass is 9.82. The second kappa shape index (κ2) is 6.92. The molecule has 0 aromatic rings. The number of rotatable bonds is 4. The van der Waals surface area contributed by atoms with Crippen LogP contribution in [-0.2, 0) is 23.8 Å². The Morgan fingerprint density at radius 2 is 1.89 bits per heavy atom. The number of ketones is 1. The lowest BCUT2D eigenvalue weighted by molar-refractivity contribution is -0.147. The molecule has 0 spiro atoms. The first kappa shape index (κ1) is 15.2. The van der Waals surface area contributed by atoms with Gasteiger partial charge in [-0.05, 0) is 19.8 Å². The molecule has 0 amide bonds. The molecule has 0 bridgehead atoms. The number of carbonyl (C=O) groups excluding carboxylic acids is 3. The van der Waals surface area contributed by atoms with Gasteiger partial charge in [-0.25, -0.2) is 4.79 Å². The molecule has 3 atom stereocenters. The summed E-state index contributed by atoms with van der Waals surface area (Å²) in [4.78, 5) is 34.2. The maximum atomic E-state index is 11.6. The molecule has 6 nitrogen and oxygen atoms in total. The predicted molar refractivity (Wildman–Crippen MR) is 65.3 cm³/mol. The van der Waals surface area contributed by atoms with Crippen molar-refractivity contribution in [3.8, 4) is 0 Å². The largest absolute Gasteiger partial charge is 0.508 e. The summed E-state index contributed by atoms with van der Waals surface area (Å²) in [5.41, 5.74) is 0. The van der Waals surface area contributed by atoms with Gasteiger partial charge in [0.2, 0.25) is 0 Å². The second-order valence-corrected chi connectivity index (χ2v) is 4.39. The van der Waals surface area contributed by atoms with Gasteiger partial charge in [0.1, 0.15) is 0 Å². The van der Waals surface area contributed by atoms with Crippen molar-refractivity contribution in [3.63, 3.8) is 0 Å². The maximum absolute atomic E-state index is 11.6. The highest BCUT2D eigenvalue weighted by Crippen LogP contribution is 2.28. The molecule has 1 unspecified atom stereocenters. The molecular formula is C13H18O6. The van der Waals surface area contributed by atoms with E-state index in [0.29, 0.717) is 12.8 Å². The van der Waals surface area contributed by atoms with Crippen LogP contribution in [0.15, 0.2) is 12.2 Å². The van der Waals surface area contributed by atoms with Crippen molar-refractivity contribution in [2.45, 2.75) is 25.9 Å². The summed E-state index contributed by atoms with van der Waals surface area (Å²) in [5, 5.41) is 0. The third-order valence-electron chi connectivity index (χ3n) is 3.07. The Hall–Kier alpha value is -1.85. The van der Waals surface area contributed by atoms with E-state index in [1.807, 2.05) is 0 Å². The van der Waals surface area contributed by atoms with Crippen molar-refractivity contribution in [2.24, 2.45) is 11.8 Å². The molecule has 1 rings (SSSR count). The van der Waals surface area contributed by atoms with Gasteiger partial charge in [-0.15, -0.1) is 0 Å². The first-order chi connectivity index (χ1) is 8.99. The van der Waals surface area contributed by atoms with Gasteiger partial charge in [0.25, 0.3) is 0 Å². The average Bonchev–Trinajstić information content (AvgIpc) is 2.43. The van der Waals surface area contributed by atoms with Gasteiger partial charge in [-0.3, -0.25) is 9.59 Å². The molecule has 0 fully saturated rings. The highest BCUT2D eigenvalue weighted by Gasteiger charge is 2.34. The van der Waals surface area contributed by atoms with Crippen molar-refractivity contribution in [1.82, 2.24) is 0 Å². The van der Waals surface area contributed by atoms with Crippen LogP contribution in [0.2, 0.25) is 0 Å². The smallest absolute Gasteiger partial charge is 0.469 e. The molecule has 6 heteroatoms. The number of allylic oxidation sites excluding steroid dienone is 1. The van der Waals surface area contributed by atoms with Crippen LogP contribution < -0.4 is 0 Å². The molecule has 106 valence electrons. The van der Waals surface area contributed by atoms with Gasteiger partial charge in [0.15, 0.2) is 11.9 Å². The van der Waals surface area contributed by atoms with Crippen molar-refractivity contribution in [3.05, 3.63) is 12.2 Å². The van der Waals surface area contributed by atoms with Crippen LogP contribution >= 0.6 is 0 Å². The lowest BCUT2D eigenvalue weighted by Crippen LogP contribution is -2.36. The van der Waals surface area contributed by atoms with Crippen LogP contribution in [-0.4, -0.2) is 38.2 Å². The van der Waals surface area contributed by atoms with Crippen LogP contribution in [0.3, 0.4) is 0 Å². The van der Waals surface area contributed by atoms with Crippen molar-refractivity contribution < 1.29 is 28.6 Å². The van der Waals surface area contributed by atoms with E-state index in [4.69, 9.17) is 9.47 Å². The van der Waals surface area contributed by atoms with Crippen LogP contribution in [0, 0.1) is 11.8 Å². The SMILES string of the molecule is COC(=O)OC(C(C)=O)[C@@H]1C=CC[C@H](C(=O)OC)C1. The van der Waals surface area contributed by atoms with E-state index in [1.165, 1.54) is 21.1 Å². The first-order valence-electron chi connectivity index (χ1n) is 5.99. The highest BCUT2D eigenvalue weighted by molar-refractivity contribution is 5.83. The molecule has 19 heavy (non-hydrogen) atoms. The van der Waals surface area contributed by atoms with E-state index in [1.54, 1.807) is 12.2 Å². The summed E-state index contributed by atoms with van der Waals surface area (Å²) in [7, 11) is 2.50. The number of hydrogen-bond donors (Lipinski definition) is 0. The van der Waals surface area contributed by atoms with E-state index in [-0.39, 0.29) is 23.6 Å². The molecule has 0 heterocycles. The molecule has 0 aromatic heterocycles. The average molecular weight is 270 g/mol.